The zero-order chi connectivity index (χ0) is 14.1. The van der Waals surface area contributed by atoms with Crippen LogP contribution < -0.4 is 0 Å². The highest BCUT2D eigenvalue weighted by atomic mass is 16.5. The molecule has 1 fully saturated rings. The lowest BCUT2D eigenvalue weighted by molar-refractivity contribution is 0.0369. The average molecular weight is 271 g/mol. The van der Waals surface area contributed by atoms with Crippen LogP contribution in [0.4, 0.5) is 0 Å². The fourth-order valence-electron chi connectivity index (χ4n) is 2.99. The van der Waals surface area contributed by atoms with E-state index in [1.54, 1.807) is 0 Å². The number of aliphatic hydroxyl groups is 1. The summed E-state index contributed by atoms with van der Waals surface area (Å²) < 4.78 is 5.36. The molecule has 0 amide bonds. The molecule has 19 heavy (non-hydrogen) atoms. The van der Waals surface area contributed by atoms with Gasteiger partial charge in [0.25, 0.3) is 0 Å². The Bertz CT molecular complexity index is 219. The van der Waals surface area contributed by atoms with Gasteiger partial charge in [-0.3, -0.25) is 4.90 Å². The lowest BCUT2D eigenvalue weighted by Gasteiger charge is -2.28. The lowest BCUT2D eigenvalue weighted by atomic mass is 9.81. The molecule has 0 aromatic carbocycles. The van der Waals surface area contributed by atoms with Crippen molar-refractivity contribution < 1.29 is 9.84 Å². The summed E-state index contributed by atoms with van der Waals surface area (Å²) >= 11 is 0. The van der Waals surface area contributed by atoms with Gasteiger partial charge in [-0.25, -0.2) is 0 Å². The molecule has 0 aromatic rings. The van der Waals surface area contributed by atoms with Gasteiger partial charge >= 0.3 is 0 Å². The standard InChI is InChI=1S/C16H33NO2/c1-16(2,3)14-15(7-11-18)6-4-5-8-17-9-12-19-13-10-17/h15,18H,4-14H2,1-3H3/t15-/m0/s1. The van der Waals surface area contributed by atoms with E-state index in [1.165, 1.54) is 32.2 Å². The monoisotopic (exact) mass is 271 g/mol. The van der Waals surface area contributed by atoms with Gasteiger partial charge in [-0.2, -0.15) is 0 Å². The number of hydrogen-bond donors (Lipinski definition) is 1. The summed E-state index contributed by atoms with van der Waals surface area (Å²) in [4.78, 5) is 2.51. The molecular weight excluding hydrogens is 238 g/mol. The van der Waals surface area contributed by atoms with Gasteiger partial charge in [0.15, 0.2) is 0 Å². The van der Waals surface area contributed by atoms with Gasteiger partial charge in [0.2, 0.25) is 0 Å². The minimum Gasteiger partial charge on any atom is -0.396 e. The molecule has 1 atom stereocenters. The van der Waals surface area contributed by atoms with Gasteiger partial charge in [0, 0.05) is 19.7 Å². The van der Waals surface area contributed by atoms with E-state index in [9.17, 15) is 5.11 Å². The summed E-state index contributed by atoms with van der Waals surface area (Å²) in [6, 6.07) is 0. The van der Waals surface area contributed by atoms with Crippen molar-refractivity contribution in [3.05, 3.63) is 0 Å². The molecule has 1 heterocycles. The van der Waals surface area contributed by atoms with Crippen molar-refractivity contribution in [2.75, 3.05) is 39.5 Å². The number of aliphatic hydroxyl groups excluding tert-OH is 1. The fourth-order valence-corrected chi connectivity index (χ4v) is 2.99. The first-order valence-electron chi connectivity index (χ1n) is 7.92. The minimum absolute atomic E-state index is 0.338. The van der Waals surface area contributed by atoms with Crippen LogP contribution in [0.25, 0.3) is 0 Å². The molecular formula is C16H33NO2. The summed E-state index contributed by atoms with van der Waals surface area (Å²) in [5, 5.41) is 9.17. The van der Waals surface area contributed by atoms with Gasteiger partial charge in [-0.1, -0.05) is 33.6 Å². The first kappa shape index (κ1) is 16.9. The van der Waals surface area contributed by atoms with Crippen molar-refractivity contribution in [1.82, 2.24) is 4.90 Å². The molecule has 3 heteroatoms. The van der Waals surface area contributed by atoms with Gasteiger partial charge in [0.05, 0.1) is 13.2 Å². The summed E-state index contributed by atoms with van der Waals surface area (Å²) in [6.07, 6.45) is 6.03. The first-order chi connectivity index (χ1) is 9.01. The number of unbranched alkanes of at least 4 members (excludes halogenated alkanes) is 1. The molecule has 0 aromatic heterocycles. The number of hydrogen-bond acceptors (Lipinski definition) is 3. The molecule has 1 rings (SSSR count). The van der Waals surface area contributed by atoms with E-state index >= 15 is 0 Å². The van der Waals surface area contributed by atoms with Gasteiger partial charge < -0.3 is 9.84 Å². The molecule has 1 N–H and O–H groups in total. The van der Waals surface area contributed by atoms with Crippen molar-refractivity contribution in [2.24, 2.45) is 11.3 Å². The second kappa shape index (κ2) is 8.93. The van der Waals surface area contributed by atoms with Crippen LogP contribution in [0.15, 0.2) is 0 Å². The van der Waals surface area contributed by atoms with Gasteiger partial charge in [-0.05, 0) is 37.1 Å². The maximum atomic E-state index is 9.17. The van der Waals surface area contributed by atoms with Crippen LogP contribution in [0.2, 0.25) is 0 Å². The molecule has 0 spiro atoms. The summed E-state index contributed by atoms with van der Waals surface area (Å²) in [6.45, 7) is 12.4. The van der Waals surface area contributed by atoms with Crippen LogP contribution in [0.5, 0.6) is 0 Å². The van der Waals surface area contributed by atoms with E-state index in [-0.39, 0.29) is 0 Å². The quantitative estimate of drug-likeness (QED) is 0.689. The highest BCUT2D eigenvalue weighted by Crippen LogP contribution is 2.29. The smallest absolute Gasteiger partial charge is 0.0594 e. The first-order valence-corrected chi connectivity index (χ1v) is 7.92. The fraction of sp³-hybridized carbons (Fsp3) is 1.00. The predicted octanol–water partition coefficient (Wildman–Crippen LogP) is 2.92. The molecule has 1 aliphatic heterocycles. The zero-order valence-electron chi connectivity index (χ0n) is 13.2. The Balaban J connectivity index is 2.13. The molecule has 1 saturated heterocycles. The average Bonchev–Trinajstić information content (AvgIpc) is 2.34. The largest absolute Gasteiger partial charge is 0.396 e. The normalized spacial score (nSPS) is 19.6. The molecule has 0 saturated carbocycles. The Kier molecular flexibility index (Phi) is 7.96. The Labute approximate surface area is 119 Å². The highest BCUT2D eigenvalue weighted by Gasteiger charge is 2.18. The maximum absolute atomic E-state index is 9.17. The number of morpholine rings is 1. The van der Waals surface area contributed by atoms with E-state index in [4.69, 9.17) is 4.74 Å². The zero-order valence-corrected chi connectivity index (χ0v) is 13.2. The SMILES string of the molecule is CC(C)(C)C[C@H](CCO)CCCCN1CCOCC1. The summed E-state index contributed by atoms with van der Waals surface area (Å²) in [5.74, 6) is 0.690. The van der Waals surface area contributed by atoms with Crippen LogP contribution >= 0.6 is 0 Å². The Morgan fingerprint density at radius 1 is 1.11 bits per heavy atom. The van der Waals surface area contributed by atoms with Crippen molar-refractivity contribution >= 4 is 0 Å². The molecule has 1 aliphatic rings. The Hall–Kier alpha value is -0.120. The summed E-state index contributed by atoms with van der Waals surface area (Å²) in [7, 11) is 0. The number of ether oxygens (including phenoxy) is 1. The van der Waals surface area contributed by atoms with E-state index in [0.29, 0.717) is 17.9 Å². The van der Waals surface area contributed by atoms with E-state index in [1.807, 2.05) is 0 Å². The minimum atomic E-state index is 0.338. The lowest BCUT2D eigenvalue weighted by Crippen LogP contribution is -2.36. The van der Waals surface area contributed by atoms with E-state index in [2.05, 4.69) is 25.7 Å². The predicted molar refractivity (Wildman–Crippen MR) is 80.4 cm³/mol. The van der Waals surface area contributed by atoms with Gasteiger partial charge in [0.1, 0.15) is 0 Å². The molecule has 3 nitrogen and oxygen atoms in total. The van der Waals surface area contributed by atoms with Crippen LogP contribution in [-0.2, 0) is 4.74 Å². The number of nitrogens with zero attached hydrogens (tertiary/aromatic N) is 1. The number of rotatable bonds is 8. The second-order valence-corrected chi connectivity index (χ2v) is 7.09. The third-order valence-electron chi connectivity index (χ3n) is 3.88. The van der Waals surface area contributed by atoms with Crippen LogP contribution in [0.1, 0.15) is 52.9 Å². The summed E-state index contributed by atoms with van der Waals surface area (Å²) in [5.41, 5.74) is 0.379. The molecule has 0 unspecified atom stereocenters. The third kappa shape index (κ3) is 8.61. The van der Waals surface area contributed by atoms with E-state index in [0.717, 1.165) is 32.7 Å². The van der Waals surface area contributed by atoms with Crippen molar-refractivity contribution in [1.29, 1.82) is 0 Å². The molecule has 0 radical (unpaired) electrons. The molecule has 114 valence electrons. The van der Waals surface area contributed by atoms with Crippen LogP contribution in [0.3, 0.4) is 0 Å². The van der Waals surface area contributed by atoms with Crippen molar-refractivity contribution in [3.63, 3.8) is 0 Å². The Morgan fingerprint density at radius 3 is 2.37 bits per heavy atom. The molecule has 0 bridgehead atoms. The van der Waals surface area contributed by atoms with E-state index < -0.39 is 0 Å². The van der Waals surface area contributed by atoms with Crippen LogP contribution in [0, 0.1) is 11.3 Å². The van der Waals surface area contributed by atoms with Crippen molar-refractivity contribution in [2.45, 2.75) is 52.9 Å². The molecule has 0 aliphatic carbocycles. The second-order valence-electron chi connectivity index (χ2n) is 7.09. The maximum Gasteiger partial charge on any atom is 0.0594 e. The van der Waals surface area contributed by atoms with Gasteiger partial charge in [-0.15, -0.1) is 0 Å². The third-order valence-corrected chi connectivity index (χ3v) is 3.88. The van der Waals surface area contributed by atoms with Crippen LogP contribution in [-0.4, -0.2) is 49.5 Å². The topological polar surface area (TPSA) is 32.7 Å². The van der Waals surface area contributed by atoms with Crippen molar-refractivity contribution in [3.8, 4) is 0 Å². The Morgan fingerprint density at radius 2 is 1.79 bits per heavy atom. The highest BCUT2D eigenvalue weighted by molar-refractivity contribution is 4.70.